The standard InChI is InChI=1S/C10H14N2O3S/c13-9-5-6-11-7-10(9)16(14,15)12-8-3-1-2-4-8/h5-8,12H,1-4H2,(H,11,13). The Bertz CT molecular complexity index is 515. The predicted octanol–water partition coefficient (Wildman–Crippen LogP) is 0.596. The van der Waals surface area contributed by atoms with Crippen LogP contribution in [0.15, 0.2) is 28.2 Å². The van der Waals surface area contributed by atoms with E-state index in [2.05, 4.69) is 9.71 Å². The summed E-state index contributed by atoms with van der Waals surface area (Å²) in [4.78, 5) is 13.8. The van der Waals surface area contributed by atoms with Gasteiger partial charge >= 0.3 is 0 Å². The van der Waals surface area contributed by atoms with Crippen LogP contribution in [0, 0.1) is 0 Å². The predicted molar refractivity (Wildman–Crippen MR) is 59.6 cm³/mol. The van der Waals surface area contributed by atoms with Crippen LogP contribution in [0.1, 0.15) is 25.7 Å². The summed E-state index contributed by atoms with van der Waals surface area (Å²) in [6, 6.07) is 1.19. The van der Waals surface area contributed by atoms with Gasteiger partial charge in [-0.3, -0.25) is 4.79 Å². The van der Waals surface area contributed by atoms with Crippen molar-refractivity contribution < 1.29 is 8.42 Å². The average Bonchev–Trinajstić information content (AvgIpc) is 2.70. The van der Waals surface area contributed by atoms with E-state index in [1.165, 1.54) is 18.5 Å². The van der Waals surface area contributed by atoms with Crippen molar-refractivity contribution in [3.8, 4) is 0 Å². The topological polar surface area (TPSA) is 79.0 Å². The number of pyridine rings is 1. The molecule has 0 amide bonds. The summed E-state index contributed by atoms with van der Waals surface area (Å²) in [6.07, 6.45) is 6.42. The van der Waals surface area contributed by atoms with Crippen LogP contribution in [0.3, 0.4) is 0 Å². The van der Waals surface area contributed by atoms with Gasteiger partial charge in [0.05, 0.1) is 0 Å². The van der Waals surface area contributed by atoms with Crippen molar-refractivity contribution in [2.24, 2.45) is 0 Å². The van der Waals surface area contributed by atoms with Gasteiger partial charge in [0.25, 0.3) is 0 Å². The minimum absolute atomic E-state index is 0.0235. The van der Waals surface area contributed by atoms with E-state index in [1.807, 2.05) is 0 Å². The summed E-state index contributed by atoms with van der Waals surface area (Å²) < 4.78 is 26.3. The van der Waals surface area contributed by atoms with Crippen LogP contribution in [0.2, 0.25) is 0 Å². The Morgan fingerprint density at radius 3 is 2.62 bits per heavy atom. The van der Waals surface area contributed by atoms with Crippen LogP contribution >= 0.6 is 0 Å². The van der Waals surface area contributed by atoms with E-state index in [0.717, 1.165) is 25.7 Å². The Morgan fingerprint density at radius 1 is 1.31 bits per heavy atom. The van der Waals surface area contributed by atoms with E-state index in [-0.39, 0.29) is 10.9 Å². The molecule has 0 radical (unpaired) electrons. The number of aromatic amines is 1. The molecule has 0 saturated heterocycles. The lowest BCUT2D eigenvalue weighted by Crippen LogP contribution is -2.35. The summed E-state index contributed by atoms with van der Waals surface area (Å²) in [5.74, 6) is 0. The summed E-state index contributed by atoms with van der Waals surface area (Å²) in [5.41, 5.74) is -0.482. The minimum atomic E-state index is -3.67. The number of rotatable bonds is 3. The molecule has 1 aromatic heterocycles. The molecule has 0 bridgehead atoms. The van der Waals surface area contributed by atoms with Gasteiger partial charge in [0.15, 0.2) is 0 Å². The highest BCUT2D eigenvalue weighted by molar-refractivity contribution is 7.89. The Kier molecular flexibility index (Phi) is 3.11. The molecular formula is C10H14N2O3S. The van der Waals surface area contributed by atoms with Crippen molar-refractivity contribution in [3.63, 3.8) is 0 Å². The van der Waals surface area contributed by atoms with E-state index in [4.69, 9.17) is 0 Å². The zero-order valence-electron chi connectivity index (χ0n) is 8.77. The third-order valence-electron chi connectivity index (χ3n) is 2.75. The molecule has 1 fully saturated rings. The molecule has 16 heavy (non-hydrogen) atoms. The second-order valence-corrected chi connectivity index (χ2v) is 5.66. The maximum atomic E-state index is 11.9. The van der Waals surface area contributed by atoms with Crippen molar-refractivity contribution in [1.82, 2.24) is 9.71 Å². The molecule has 2 N–H and O–H groups in total. The second-order valence-electron chi connectivity index (χ2n) is 3.98. The molecule has 0 spiro atoms. The van der Waals surface area contributed by atoms with Crippen molar-refractivity contribution in [2.45, 2.75) is 36.6 Å². The van der Waals surface area contributed by atoms with Gasteiger partial charge < -0.3 is 4.98 Å². The first-order valence-electron chi connectivity index (χ1n) is 5.29. The number of aromatic nitrogens is 1. The third kappa shape index (κ3) is 2.33. The second kappa shape index (κ2) is 4.39. The summed E-state index contributed by atoms with van der Waals surface area (Å²) in [6.45, 7) is 0. The zero-order chi connectivity index (χ0) is 11.6. The molecule has 0 aromatic carbocycles. The van der Waals surface area contributed by atoms with E-state index < -0.39 is 15.5 Å². The van der Waals surface area contributed by atoms with Crippen LogP contribution in [-0.4, -0.2) is 19.4 Å². The lowest BCUT2D eigenvalue weighted by atomic mass is 10.3. The smallest absolute Gasteiger partial charge is 0.246 e. The average molecular weight is 242 g/mol. The highest BCUT2D eigenvalue weighted by atomic mass is 32.2. The van der Waals surface area contributed by atoms with Crippen LogP contribution in [0.4, 0.5) is 0 Å². The molecule has 2 rings (SSSR count). The molecular weight excluding hydrogens is 228 g/mol. The minimum Gasteiger partial charge on any atom is -0.366 e. The van der Waals surface area contributed by atoms with Gasteiger partial charge in [-0.2, -0.15) is 0 Å². The Hall–Kier alpha value is -1.14. The number of sulfonamides is 1. The number of hydrogen-bond donors (Lipinski definition) is 2. The normalized spacial score (nSPS) is 17.8. The van der Waals surface area contributed by atoms with Crippen LogP contribution < -0.4 is 10.2 Å². The monoisotopic (exact) mass is 242 g/mol. The van der Waals surface area contributed by atoms with Gasteiger partial charge in [0.2, 0.25) is 15.5 Å². The number of hydrogen-bond acceptors (Lipinski definition) is 3. The first kappa shape index (κ1) is 11.3. The molecule has 1 heterocycles. The Balaban J connectivity index is 2.25. The van der Waals surface area contributed by atoms with Gasteiger partial charge in [-0.25, -0.2) is 13.1 Å². The zero-order valence-corrected chi connectivity index (χ0v) is 9.59. The first-order valence-corrected chi connectivity index (χ1v) is 6.77. The Morgan fingerprint density at radius 2 is 2.00 bits per heavy atom. The molecule has 88 valence electrons. The van der Waals surface area contributed by atoms with Gasteiger partial charge in [-0.05, 0) is 12.8 Å². The third-order valence-corrected chi connectivity index (χ3v) is 4.30. The maximum absolute atomic E-state index is 11.9. The van der Waals surface area contributed by atoms with Gasteiger partial charge in [0, 0.05) is 24.5 Å². The van der Waals surface area contributed by atoms with Gasteiger partial charge in [0.1, 0.15) is 4.90 Å². The van der Waals surface area contributed by atoms with Crippen LogP contribution in [0.5, 0.6) is 0 Å². The van der Waals surface area contributed by atoms with Crippen molar-refractivity contribution in [2.75, 3.05) is 0 Å². The fourth-order valence-corrected chi connectivity index (χ4v) is 3.30. The molecule has 1 aliphatic rings. The lowest BCUT2D eigenvalue weighted by Gasteiger charge is -2.11. The molecule has 1 aromatic rings. The van der Waals surface area contributed by atoms with Crippen LogP contribution in [-0.2, 0) is 10.0 Å². The molecule has 1 saturated carbocycles. The number of nitrogens with one attached hydrogen (secondary N) is 2. The fraction of sp³-hybridized carbons (Fsp3) is 0.500. The molecule has 5 nitrogen and oxygen atoms in total. The summed E-state index contributed by atoms with van der Waals surface area (Å²) in [7, 11) is -3.67. The first-order chi connectivity index (χ1) is 7.59. The quantitative estimate of drug-likeness (QED) is 0.814. The molecule has 1 aliphatic carbocycles. The van der Waals surface area contributed by atoms with Crippen LogP contribution in [0.25, 0.3) is 0 Å². The van der Waals surface area contributed by atoms with Crippen molar-refractivity contribution in [3.05, 3.63) is 28.7 Å². The molecule has 6 heteroatoms. The fourth-order valence-electron chi connectivity index (χ4n) is 1.94. The lowest BCUT2D eigenvalue weighted by molar-refractivity contribution is 0.551. The highest BCUT2D eigenvalue weighted by Gasteiger charge is 2.24. The molecule has 0 unspecified atom stereocenters. The highest BCUT2D eigenvalue weighted by Crippen LogP contribution is 2.19. The molecule has 0 atom stereocenters. The van der Waals surface area contributed by atoms with E-state index >= 15 is 0 Å². The summed E-state index contributed by atoms with van der Waals surface area (Å²) in [5, 5.41) is 0. The van der Waals surface area contributed by atoms with E-state index in [1.54, 1.807) is 0 Å². The van der Waals surface area contributed by atoms with E-state index in [0.29, 0.717) is 0 Å². The van der Waals surface area contributed by atoms with Gasteiger partial charge in [-0.1, -0.05) is 12.8 Å². The van der Waals surface area contributed by atoms with Crippen molar-refractivity contribution in [1.29, 1.82) is 0 Å². The van der Waals surface area contributed by atoms with Crippen molar-refractivity contribution >= 4 is 10.0 Å². The SMILES string of the molecule is O=c1cc[nH]cc1S(=O)(=O)NC1CCCC1. The molecule has 0 aliphatic heterocycles. The maximum Gasteiger partial charge on any atom is 0.246 e. The summed E-state index contributed by atoms with van der Waals surface area (Å²) >= 11 is 0. The largest absolute Gasteiger partial charge is 0.366 e. The van der Waals surface area contributed by atoms with E-state index in [9.17, 15) is 13.2 Å². The number of H-pyrrole nitrogens is 1. The van der Waals surface area contributed by atoms with Gasteiger partial charge in [-0.15, -0.1) is 0 Å². The Labute approximate surface area is 93.9 Å².